The zero-order valence-electron chi connectivity index (χ0n) is 9.97. The van der Waals surface area contributed by atoms with Crippen LogP contribution < -0.4 is 5.73 Å². The fourth-order valence-corrected chi connectivity index (χ4v) is 2.31. The van der Waals surface area contributed by atoms with Crippen LogP contribution in [0.15, 0.2) is 32.1 Å². The second-order valence-electron chi connectivity index (χ2n) is 4.06. The summed E-state index contributed by atoms with van der Waals surface area (Å²) in [5.74, 6) is 1.01. The Morgan fingerprint density at radius 3 is 2.94 bits per heavy atom. The number of hydrogen-bond acceptors (Lipinski definition) is 6. The first-order chi connectivity index (χ1) is 8.06. The molecule has 0 aromatic rings. The lowest BCUT2D eigenvalue weighted by Crippen LogP contribution is -2.39. The largest absolute Gasteiger partial charge is 0.382 e. The Morgan fingerprint density at radius 1 is 1.53 bits per heavy atom. The molecule has 0 amide bonds. The Labute approximate surface area is 105 Å². The van der Waals surface area contributed by atoms with E-state index in [9.17, 15) is 0 Å². The molecule has 0 saturated heterocycles. The molecule has 0 saturated carbocycles. The number of allylic oxidation sites excluding steroid dienone is 1. The van der Waals surface area contributed by atoms with E-state index in [0.717, 1.165) is 18.4 Å². The van der Waals surface area contributed by atoms with Crippen molar-refractivity contribution in [2.45, 2.75) is 24.8 Å². The quantitative estimate of drug-likeness (QED) is 0.768. The van der Waals surface area contributed by atoms with Gasteiger partial charge in [-0.2, -0.15) is 0 Å². The molecule has 17 heavy (non-hydrogen) atoms. The van der Waals surface area contributed by atoms with Crippen molar-refractivity contribution >= 4 is 35.5 Å². The molecule has 0 radical (unpaired) electrons. The van der Waals surface area contributed by atoms with Crippen LogP contribution in [-0.2, 0) is 0 Å². The van der Waals surface area contributed by atoms with Crippen molar-refractivity contribution in [2.24, 2.45) is 25.7 Å². The number of amidine groups is 2. The van der Waals surface area contributed by atoms with Crippen LogP contribution in [0.1, 0.15) is 19.8 Å². The highest BCUT2D eigenvalue weighted by molar-refractivity contribution is 8.00. The van der Waals surface area contributed by atoms with Crippen molar-refractivity contribution in [2.75, 3.05) is 6.26 Å². The van der Waals surface area contributed by atoms with Gasteiger partial charge in [0.1, 0.15) is 6.34 Å². The molecule has 2 aliphatic rings. The summed E-state index contributed by atoms with van der Waals surface area (Å²) in [5.41, 5.74) is 7.60. The summed E-state index contributed by atoms with van der Waals surface area (Å²) in [7, 11) is 0. The molecule has 0 bridgehead atoms. The average Bonchev–Trinajstić information content (AvgIpc) is 2.75. The molecule has 90 valence electrons. The van der Waals surface area contributed by atoms with Gasteiger partial charge in [0.2, 0.25) is 4.99 Å². The van der Waals surface area contributed by atoms with Gasteiger partial charge in [-0.15, -0.1) is 18.3 Å². The maximum Gasteiger partial charge on any atom is 0.201 e. The molecular weight excluding hydrogens is 234 g/mol. The van der Waals surface area contributed by atoms with Crippen molar-refractivity contribution in [3.63, 3.8) is 0 Å². The molecule has 0 aromatic heterocycles. The van der Waals surface area contributed by atoms with E-state index in [1.807, 2.05) is 13.2 Å². The monoisotopic (exact) mass is 249 g/mol. The molecule has 0 spiro atoms. The lowest BCUT2D eigenvalue weighted by atomic mass is 10.1. The van der Waals surface area contributed by atoms with Gasteiger partial charge < -0.3 is 5.73 Å². The van der Waals surface area contributed by atoms with Crippen molar-refractivity contribution < 1.29 is 0 Å². The van der Waals surface area contributed by atoms with Gasteiger partial charge in [0.05, 0.1) is 0 Å². The predicted molar refractivity (Wildman–Crippen MR) is 75.3 cm³/mol. The first kappa shape index (κ1) is 12.0. The molecule has 0 aliphatic carbocycles. The second-order valence-corrected chi connectivity index (χ2v) is 5.12. The van der Waals surface area contributed by atoms with E-state index < -0.39 is 4.99 Å². The molecule has 1 atom stereocenters. The van der Waals surface area contributed by atoms with Gasteiger partial charge in [0, 0.05) is 6.42 Å². The minimum absolute atomic E-state index is 0.420. The van der Waals surface area contributed by atoms with E-state index in [0.29, 0.717) is 17.4 Å². The Hall–Kier alpha value is -1.43. The van der Waals surface area contributed by atoms with Crippen LogP contribution in [0.2, 0.25) is 0 Å². The number of nitrogens with zero attached hydrogens (tertiary/aromatic N) is 4. The van der Waals surface area contributed by atoms with Crippen LogP contribution in [0.3, 0.4) is 0 Å². The smallest absolute Gasteiger partial charge is 0.201 e. The Morgan fingerprint density at radius 2 is 2.29 bits per heavy atom. The van der Waals surface area contributed by atoms with E-state index in [2.05, 4.69) is 26.5 Å². The van der Waals surface area contributed by atoms with Crippen LogP contribution in [0.5, 0.6) is 0 Å². The van der Waals surface area contributed by atoms with E-state index in [-0.39, 0.29) is 0 Å². The first-order valence-corrected chi connectivity index (χ1v) is 6.54. The molecular formula is C11H15N5S. The highest BCUT2D eigenvalue weighted by Gasteiger charge is 2.35. The van der Waals surface area contributed by atoms with Gasteiger partial charge in [0.15, 0.2) is 17.4 Å². The SMILES string of the molecule is C=C(C)CCC1(SC)N=C(N)C2=NC=NC2=N1. The van der Waals surface area contributed by atoms with Gasteiger partial charge >= 0.3 is 0 Å². The summed E-state index contributed by atoms with van der Waals surface area (Å²) < 4.78 is 0. The number of aliphatic imine (C=N–C) groups is 4. The Bertz CT molecular complexity index is 474. The minimum atomic E-state index is -0.570. The standard InChI is InChI=1S/C11H15N5S/c1-7(2)4-5-11(17-3)15-9(12)8-10(16-11)14-6-13-8/h6H,1,4-5H2,2-3H3,(H2,12,15). The van der Waals surface area contributed by atoms with Gasteiger partial charge in [-0.05, 0) is 19.6 Å². The van der Waals surface area contributed by atoms with Crippen molar-refractivity contribution in [1.29, 1.82) is 0 Å². The van der Waals surface area contributed by atoms with Crippen molar-refractivity contribution in [3.8, 4) is 0 Å². The van der Waals surface area contributed by atoms with Gasteiger partial charge in [-0.1, -0.05) is 5.57 Å². The predicted octanol–water partition coefficient (Wildman–Crippen LogP) is 1.61. The highest BCUT2D eigenvalue weighted by atomic mass is 32.2. The van der Waals surface area contributed by atoms with E-state index in [1.54, 1.807) is 11.8 Å². The summed E-state index contributed by atoms with van der Waals surface area (Å²) in [6, 6.07) is 0. The number of fused-ring (bicyclic) bond motifs is 1. The summed E-state index contributed by atoms with van der Waals surface area (Å²) in [6.07, 6.45) is 5.08. The number of nitrogens with two attached hydrogens (primary N) is 1. The third-order valence-electron chi connectivity index (χ3n) is 2.60. The summed E-state index contributed by atoms with van der Waals surface area (Å²) >= 11 is 1.56. The molecule has 2 rings (SSSR count). The van der Waals surface area contributed by atoms with Crippen LogP contribution in [-0.4, -0.2) is 35.0 Å². The third kappa shape index (κ3) is 2.31. The summed E-state index contributed by atoms with van der Waals surface area (Å²) in [6.45, 7) is 5.90. The normalized spacial score (nSPS) is 26.1. The molecule has 6 heteroatoms. The van der Waals surface area contributed by atoms with Crippen molar-refractivity contribution in [1.82, 2.24) is 0 Å². The topological polar surface area (TPSA) is 75.5 Å². The van der Waals surface area contributed by atoms with E-state index >= 15 is 0 Å². The lowest BCUT2D eigenvalue weighted by Gasteiger charge is -2.27. The average molecular weight is 249 g/mol. The molecule has 2 heterocycles. The fourth-order valence-electron chi connectivity index (χ4n) is 1.64. The van der Waals surface area contributed by atoms with E-state index in [4.69, 9.17) is 5.73 Å². The number of rotatable bonds is 4. The van der Waals surface area contributed by atoms with E-state index in [1.165, 1.54) is 6.34 Å². The highest BCUT2D eigenvalue weighted by Crippen LogP contribution is 2.35. The number of thioether (sulfide) groups is 1. The van der Waals surface area contributed by atoms with Gasteiger partial charge in [0.25, 0.3) is 0 Å². The molecule has 0 fully saturated rings. The Balaban J connectivity index is 2.29. The van der Waals surface area contributed by atoms with Gasteiger partial charge in [-0.25, -0.2) is 20.0 Å². The van der Waals surface area contributed by atoms with Crippen molar-refractivity contribution in [3.05, 3.63) is 12.2 Å². The number of hydrogen-bond donors (Lipinski definition) is 1. The molecule has 2 N–H and O–H groups in total. The van der Waals surface area contributed by atoms with Crippen LogP contribution in [0.4, 0.5) is 0 Å². The fraction of sp³-hybridized carbons (Fsp3) is 0.455. The third-order valence-corrected chi connectivity index (χ3v) is 3.64. The zero-order chi connectivity index (χ0) is 12.5. The molecule has 2 aliphatic heterocycles. The van der Waals surface area contributed by atoms with Gasteiger partial charge in [-0.3, -0.25) is 0 Å². The zero-order valence-corrected chi connectivity index (χ0v) is 10.8. The second kappa shape index (κ2) is 4.44. The summed E-state index contributed by atoms with van der Waals surface area (Å²) in [5, 5.41) is 0. The first-order valence-electron chi connectivity index (χ1n) is 5.32. The maximum absolute atomic E-state index is 5.90. The lowest BCUT2D eigenvalue weighted by molar-refractivity contribution is 0.588. The summed E-state index contributed by atoms with van der Waals surface area (Å²) in [4.78, 5) is 16.6. The molecule has 5 nitrogen and oxygen atoms in total. The minimum Gasteiger partial charge on any atom is -0.382 e. The van der Waals surface area contributed by atoms with Crippen LogP contribution in [0.25, 0.3) is 0 Å². The Kier molecular flexibility index (Phi) is 3.15. The maximum atomic E-state index is 5.90. The molecule has 0 aromatic carbocycles. The molecule has 1 unspecified atom stereocenters. The van der Waals surface area contributed by atoms with Crippen LogP contribution in [0, 0.1) is 0 Å². The van der Waals surface area contributed by atoms with Crippen LogP contribution >= 0.6 is 11.8 Å².